The lowest BCUT2D eigenvalue weighted by Gasteiger charge is -2.01. The molecular weight excluding hydrogens is 253 g/mol. The number of hydrogen-bond acceptors (Lipinski definition) is 4. The van der Waals surface area contributed by atoms with Gasteiger partial charge < -0.3 is 10.5 Å². The second-order valence-electron chi connectivity index (χ2n) is 3.77. The van der Waals surface area contributed by atoms with E-state index in [1.54, 1.807) is 25.1 Å². The summed E-state index contributed by atoms with van der Waals surface area (Å²) in [6.45, 7) is 1.76. The smallest absolute Gasteiger partial charge is 0.350 e. The molecule has 1 aromatic heterocycles. The van der Waals surface area contributed by atoms with Gasteiger partial charge in [-0.3, -0.25) is 0 Å². The van der Waals surface area contributed by atoms with E-state index in [9.17, 15) is 9.18 Å². The lowest BCUT2D eigenvalue weighted by molar-refractivity contribution is 0.0607. The predicted molar refractivity (Wildman–Crippen MR) is 70.2 cm³/mol. The molecule has 2 rings (SSSR count). The maximum absolute atomic E-state index is 13.7. The van der Waals surface area contributed by atoms with E-state index >= 15 is 0 Å². The zero-order chi connectivity index (χ0) is 13.3. The van der Waals surface area contributed by atoms with Crippen molar-refractivity contribution < 1.29 is 13.9 Å². The van der Waals surface area contributed by atoms with E-state index < -0.39 is 5.97 Å². The molecule has 1 heterocycles. The van der Waals surface area contributed by atoms with Crippen LogP contribution >= 0.6 is 11.3 Å². The van der Waals surface area contributed by atoms with E-state index in [0.717, 1.165) is 11.3 Å². The average molecular weight is 265 g/mol. The molecule has 5 heteroatoms. The summed E-state index contributed by atoms with van der Waals surface area (Å²) in [5.74, 6) is -0.832. The molecule has 94 valence electrons. The first kappa shape index (κ1) is 12.6. The molecule has 0 aliphatic carbocycles. The van der Waals surface area contributed by atoms with Crippen LogP contribution in [0.4, 0.5) is 10.1 Å². The molecule has 2 aromatic rings. The molecule has 0 aliphatic rings. The minimum Gasteiger partial charge on any atom is -0.465 e. The Kier molecular flexibility index (Phi) is 3.34. The molecule has 1 aromatic carbocycles. The molecule has 0 fully saturated rings. The van der Waals surface area contributed by atoms with Crippen molar-refractivity contribution >= 4 is 23.0 Å². The van der Waals surface area contributed by atoms with Crippen molar-refractivity contribution in [3.63, 3.8) is 0 Å². The van der Waals surface area contributed by atoms with Gasteiger partial charge in [-0.1, -0.05) is 18.2 Å². The summed E-state index contributed by atoms with van der Waals surface area (Å²) in [5, 5.41) is 0. The normalized spacial score (nSPS) is 10.4. The van der Waals surface area contributed by atoms with E-state index in [0.29, 0.717) is 26.6 Å². The minimum absolute atomic E-state index is 0.313. The fourth-order valence-electron chi connectivity index (χ4n) is 1.67. The van der Waals surface area contributed by atoms with E-state index in [1.807, 2.05) is 0 Å². The number of ether oxygens (including phenoxy) is 1. The van der Waals surface area contributed by atoms with Gasteiger partial charge >= 0.3 is 5.97 Å². The van der Waals surface area contributed by atoms with Crippen molar-refractivity contribution in [3.05, 3.63) is 40.5 Å². The Labute approximate surface area is 108 Å². The quantitative estimate of drug-likeness (QED) is 0.848. The average Bonchev–Trinajstić information content (AvgIpc) is 2.67. The number of rotatable bonds is 2. The first-order valence-electron chi connectivity index (χ1n) is 5.28. The van der Waals surface area contributed by atoms with E-state index in [4.69, 9.17) is 5.73 Å². The van der Waals surface area contributed by atoms with Crippen LogP contribution in [0.1, 0.15) is 15.2 Å². The summed E-state index contributed by atoms with van der Waals surface area (Å²) in [6, 6.07) is 6.40. The number of carbonyl (C=O) groups excluding carboxylic acids is 1. The highest BCUT2D eigenvalue weighted by Crippen LogP contribution is 2.39. The number of carbonyl (C=O) groups is 1. The van der Waals surface area contributed by atoms with Crippen LogP contribution in [-0.2, 0) is 4.74 Å². The molecule has 3 nitrogen and oxygen atoms in total. The summed E-state index contributed by atoms with van der Waals surface area (Å²) in [5.41, 5.74) is 7.35. The molecule has 0 bridgehead atoms. The van der Waals surface area contributed by atoms with Gasteiger partial charge in [0.05, 0.1) is 12.8 Å². The largest absolute Gasteiger partial charge is 0.465 e. The van der Waals surface area contributed by atoms with Gasteiger partial charge in [0.2, 0.25) is 0 Å². The molecule has 18 heavy (non-hydrogen) atoms. The predicted octanol–water partition coefficient (Wildman–Crippen LogP) is 3.23. The molecule has 2 N–H and O–H groups in total. The number of halogens is 1. The third-order valence-corrected chi connectivity index (χ3v) is 4.00. The molecule has 0 aliphatic heterocycles. The zero-order valence-electron chi connectivity index (χ0n) is 9.99. The van der Waals surface area contributed by atoms with Gasteiger partial charge in [0.15, 0.2) is 0 Å². The van der Waals surface area contributed by atoms with Crippen LogP contribution < -0.4 is 5.73 Å². The lowest BCUT2D eigenvalue weighted by Crippen LogP contribution is -2.01. The van der Waals surface area contributed by atoms with Crippen LogP contribution in [0.3, 0.4) is 0 Å². The van der Waals surface area contributed by atoms with Gasteiger partial charge in [-0.15, -0.1) is 11.3 Å². The molecule has 0 unspecified atom stereocenters. The van der Waals surface area contributed by atoms with Crippen LogP contribution in [0.25, 0.3) is 10.4 Å². The Bertz CT molecular complexity index is 607. The highest BCUT2D eigenvalue weighted by Gasteiger charge is 2.21. The van der Waals surface area contributed by atoms with E-state index in [2.05, 4.69) is 4.74 Å². The van der Waals surface area contributed by atoms with Crippen molar-refractivity contribution in [1.29, 1.82) is 0 Å². The number of esters is 1. The summed E-state index contributed by atoms with van der Waals surface area (Å²) in [4.78, 5) is 12.5. The number of hydrogen-bond donors (Lipinski definition) is 1. The summed E-state index contributed by atoms with van der Waals surface area (Å²) in [6.07, 6.45) is 0. The second kappa shape index (κ2) is 4.78. The van der Waals surface area contributed by atoms with Gasteiger partial charge in [0.25, 0.3) is 0 Å². The molecular formula is C13H12FNO2S. The first-order chi connectivity index (χ1) is 8.56. The number of thiophene rings is 1. The molecule has 0 spiro atoms. The lowest BCUT2D eigenvalue weighted by atomic mass is 10.1. The van der Waals surface area contributed by atoms with Crippen LogP contribution in [0, 0.1) is 12.7 Å². The monoisotopic (exact) mass is 265 g/mol. The van der Waals surface area contributed by atoms with Crippen LogP contribution in [-0.4, -0.2) is 13.1 Å². The number of anilines is 1. The van der Waals surface area contributed by atoms with Crippen LogP contribution in [0.15, 0.2) is 24.3 Å². The molecule has 0 saturated heterocycles. The molecule has 0 atom stereocenters. The fourth-order valence-corrected chi connectivity index (χ4v) is 2.85. The van der Waals surface area contributed by atoms with Gasteiger partial charge in [-0.25, -0.2) is 9.18 Å². The Morgan fingerprint density at radius 2 is 2.06 bits per heavy atom. The Morgan fingerprint density at radius 1 is 1.39 bits per heavy atom. The molecule has 0 radical (unpaired) electrons. The van der Waals surface area contributed by atoms with Crippen molar-refractivity contribution in [2.45, 2.75) is 6.92 Å². The summed E-state index contributed by atoms with van der Waals surface area (Å²) >= 11 is 1.15. The number of methoxy groups -OCH3 is 1. The Morgan fingerprint density at radius 3 is 2.67 bits per heavy atom. The molecule has 0 saturated carbocycles. The third-order valence-electron chi connectivity index (χ3n) is 2.68. The maximum Gasteiger partial charge on any atom is 0.350 e. The van der Waals surface area contributed by atoms with Crippen molar-refractivity contribution in [2.24, 2.45) is 0 Å². The van der Waals surface area contributed by atoms with Crippen LogP contribution in [0.5, 0.6) is 0 Å². The van der Waals surface area contributed by atoms with Crippen LogP contribution in [0.2, 0.25) is 0 Å². The summed E-state index contributed by atoms with van der Waals surface area (Å²) in [7, 11) is 1.29. The zero-order valence-corrected chi connectivity index (χ0v) is 10.8. The van der Waals surface area contributed by atoms with Crippen molar-refractivity contribution in [1.82, 2.24) is 0 Å². The first-order valence-corrected chi connectivity index (χ1v) is 6.10. The standard InChI is InChI=1S/C13H12FNO2S/c1-7-10(15)12(13(16)17-2)18-11(7)8-5-3-4-6-9(8)14/h3-6H,15H2,1-2H3. The van der Waals surface area contributed by atoms with Gasteiger partial charge in [0.1, 0.15) is 10.7 Å². The maximum atomic E-state index is 13.7. The fraction of sp³-hybridized carbons (Fsp3) is 0.154. The highest BCUT2D eigenvalue weighted by atomic mass is 32.1. The SMILES string of the molecule is COC(=O)c1sc(-c2ccccc2F)c(C)c1N. The number of benzene rings is 1. The number of nitrogens with two attached hydrogens (primary N) is 1. The minimum atomic E-state index is -0.497. The topological polar surface area (TPSA) is 52.3 Å². The van der Waals surface area contributed by atoms with Gasteiger partial charge in [-0.05, 0) is 18.6 Å². The number of nitrogen functional groups attached to an aromatic ring is 1. The van der Waals surface area contributed by atoms with E-state index in [1.165, 1.54) is 13.2 Å². The highest BCUT2D eigenvalue weighted by molar-refractivity contribution is 7.18. The van der Waals surface area contributed by atoms with E-state index in [-0.39, 0.29) is 5.82 Å². The van der Waals surface area contributed by atoms with Gasteiger partial charge in [0, 0.05) is 10.4 Å². The second-order valence-corrected chi connectivity index (χ2v) is 4.79. The van der Waals surface area contributed by atoms with Crippen molar-refractivity contribution in [3.8, 4) is 10.4 Å². The van der Waals surface area contributed by atoms with Gasteiger partial charge in [-0.2, -0.15) is 0 Å². The summed E-state index contributed by atoms with van der Waals surface area (Å²) < 4.78 is 18.4. The Balaban J connectivity index is 2.60. The molecule has 0 amide bonds. The van der Waals surface area contributed by atoms with Crippen molar-refractivity contribution in [2.75, 3.05) is 12.8 Å². The Hall–Kier alpha value is -1.88. The third kappa shape index (κ3) is 1.97.